The second-order valence-corrected chi connectivity index (χ2v) is 8.69. The van der Waals surface area contributed by atoms with Gasteiger partial charge in [-0.15, -0.1) is 0 Å². The van der Waals surface area contributed by atoms with Gasteiger partial charge in [-0.3, -0.25) is 0 Å². The van der Waals surface area contributed by atoms with E-state index in [1.807, 2.05) is 0 Å². The molecule has 0 radical (unpaired) electrons. The molecule has 0 saturated carbocycles. The Morgan fingerprint density at radius 1 is 1.21 bits per heavy atom. The van der Waals surface area contributed by atoms with Crippen molar-refractivity contribution < 1.29 is 0 Å². The van der Waals surface area contributed by atoms with E-state index in [1.54, 1.807) is 4.90 Å². The molecule has 1 aromatic rings. The molecule has 0 fully saturated rings. The summed E-state index contributed by atoms with van der Waals surface area (Å²) in [4.78, 5) is 1.54. The first-order valence-electron chi connectivity index (χ1n) is 5.28. The van der Waals surface area contributed by atoms with Crippen LogP contribution in [0.4, 0.5) is 0 Å². The molecule has 0 spiro atoms. The molecule has 1 rings (SSSR count). The second kappa shape index (κ2) is 4.93. The fourth-order valence-electron chi connectivity index (χ4n) is 1.44. The van der Waals surface area contributed by atoms with Crippen molar-refractivity contribution in [3.8, 4) is 0 Å². The highest BCUT2D eigenvalue weighted by Crippen LogP contribution is 2.49. The van der Waals surface area contributed by atoms with Gasteiger partial charge in [-0.1, -0.05) is 43.1 Å². The highest BCUT2D eigenvalue weighted by molar-refractivity contribution is 8.32. The lowest BCUT2D eigenvalue weighted by Gasteiger charge is -2.32. The van der Waals surface area contributed by atoms with Gasteiger partial charge in [0.1, 0.15) is 7.85 Å². The SMILES string of the molecule is B[C@@H](C)CCS(C)(C)c1ccccc1. The Morgan fingerprint density at radius 2 is 1.79 bits per heavy atom. The Balaban J connectivity index is 2.66. The third-order valence-corrected chi connectivity index (χ3v) is 5.39. The maximum absolute atomic E-state index is 2.42. The zero-order valence-corrected chi connectivity index (χ0v) is 10.6. The van der Waals surface area contributed by atoms with E-state index in [0.29, 0.717) is 0 Å². The summed E-state index contributed by atoms with van der Waals surface area (Å²) in [5, 5.41) is 0. The van der Waals surface area contributed by atoms with Crippen LogP contribution in [0.5, 0.6) is 0 Å². The van der Waals surface area contributed by atoms with Gasteiger partial charge in [0.15, 0.2) is 0 Å². The zero-order valence-electron chi connectivity index (χ0n) is 9.79. The minimum atomic E-state index is -0.555. The summed E-state index contributed by atoms with van der Waals surface area (Å²) < 4.78 is 0. The monoisotopic (exact) mass is 208 g/mol. The number of hydrogen-bond donors (Lipinski definition) is 0. The third kappa shape index (κ3) is 3.41. The van der Waals surface area contributed by atoms with Gasteiger partial charge in [0.2, 0.25) is 0 Å². The second-order valence-electron chi connectivity index (χ2n) is 4.74. The van der Waals surface area contributed by atoms with Gasteiger partial charge in [-0.05, 0) is 29.6 Å². The van der Waals surface area contributed by atoms with Crippen LogP contribution in [0.1, 0.15) is 13.3 Å². The molecular formula is C12H21BS. The summed E-state index contributed by atoms with van der Waals surface area (Å²) >= 11 is 0. The van der Waals surface area contributed by atoms with Crippen molar-refractivity contribution in [2.75, 3.05) is 18.3 Å². The van der Waals surface area contributed by atoms with Crippen LogP contribution in [0.25, 0.3) is 0 Å². The largest absolute Gasteiger partial charge is 0.220 e. The van der Waals surface area contributed by atoms with E-state index in [-0.39, 0.29) is 0 Å². The van der Waals surface area contributed by atoms with Crippen molar-refractivity contribution in [1.82, 2.24) is 0 Å². The summed E-state index contributed by atoms with van der Waals surface area (Å²) in [5.41, 5.74) is 0. The molecule has 0 aromatic heterocycles. The molecule has 1 aromatic carbocycles. The van der Waals surface area contributed by atoms with Crippen LogP contribution in [0.2, 0.25) is 5.82 Å². The van der Waals surface area contributed by atoms with Crippen molar-refractivity contribution in [2.24, 2.45) is 0 Å². The van der Waals surface area contributed by atoms with Crippen LogP contribution < -0.4 is 0 Å². The summed E-state index contributed by atoms with van der Waals surface area (Å²) in [6.07, 6.45) is 6.19. The van der Waals surface area contributed by atoms with Gasteiger partial charge in [0.05, 0.1) is 0 Å². The molecule has 0 aliphatic carbocycles. The molecule has 0 aliphatic heterocycles. The summed E-state index contributed by atoms with van der Waals surface area (Å²) in [7, 11) is 1.75. The molecule has 0 bridgehead atoms. The maximum Gasteiger partial charge on any atom is 0.105 e. The minimum absolute atomic E-state index is 0.555. The lowest BCUT2D eigenvalue weighted by molar-refractivity contribution is 0.886. The predicted molar refractivity (Wildman–Crippen MR) is 71.6 cm³/mol. The quantitative estimate of drug-likeness (QED) is 0.667. The highest BCUT2D eigenvalue weighted by atomic mass is 32.3. The molecular weight excluding hydrogens is 187 g/mol. The Kier molecular flexibility index (Phi) is 4.12. The van der Waals surface area contributed by atoms with Crippen molar-refractivity contribution in [1.29, 1.82) is 0 Å². The lowest BCUT2D eigenvalue weighted by atomic mass is 9.87. The first kappa shape index (κ1) is 11.7. The maximum atomic E-state index is 2.42. The van der Waals surface area contributed by atoms with E-state index in [2.05, 4.69) is 57.6 Å². The summed E-state index contributed by atoms with van der Waals surface area (Å²) in [5.74, 6) is 2.18. The first-order valence-corrected chi connectivity index (χ1v) is 7.90. The van der Waals surface area contributed by atoms with Gasteiger partial charge < -0.3 is 0 Å². The molecule has 0 heterocycles. The third-order valence-electron chi connectivity index (χ3n) is 2.59. The average molecular weight is 208 g/mol. The standard InChI is InChI=1S/C12H21BS/c1-11(13)9-10-14(2,3)12-7-5-4-6-8-12/h4-8,11H,9-10,13H2,1-3H3/t11-/m0/s1. The fraction of sp³-hybridized carbons (Fsp3) is 0.500. The number of rotatable bonds is 4. The minimum Gasteiger partial charge on any atom is -0.220 e. The van der Waals surface area contributed by atoms with Crippen LogP contribution in [0.15, 0.2) is 35.2 Å². The van der Waals surface area contributed by atoms with E-state index in [9.17, 15) is 0 Å². The van der Waals surface area contributed by atoms with E-state index in [0.717, 1.165) is 5.82 Å². The molecule has 2 heteroatoms. The Morgan fingerprint density at radius 3 is 2.29 bits per heavy atom. The molecule has 1 atom stereocenters. The number of benzene rings is 1. The van der Waals surface area contributed by atoms with Crippen LogP contribution in [0.3, 0.4) is 0 Å². The average Bonchev–Trinajstić information content (AvgIpc) is 2.16. The molecule has 78 valence electrons. The molecule has 0 aliphatic rings. The molecule has 0 amide bonds. The molecule has 14 heavy (non-hydrogen) atoms. The van der Waals surface area contributed by atoms with Crippen LogP contribution >= 0.6 is 10.0 Å². The summed E-state index contributed by atoms with van der Waals surface area (Å²) in [6.45, 7) is 2.31. The van der Waals surface area contributed by atoms with Crippen LogP contribution in [0, 0.1) is 0 Å². The van der Waals surface area contributed by atoms with Crippen molar-refractivity contribution in [3.05, 3.63) is 30.3 Å². The molecule has 0 saturated heterocycles. The molecule has 0 unspecified atom stereocenters. The summed E-state index contributed by atoms with van der Waals surface area (Å²) in [6, 6.07) is 11.0. The van der Waals surface area contributed by atoms with Gasteiger partial charge in [-0.2, -0.15) is 0 Å². The topological polar surface area (TPSA) is 0 Å². The van der Waals surface area contributed by atoms with E-state index in [4.69, 9.17) is 0 Å². The highest BCUT2D eigenvalue weighted by Gasteiger charge is 2.14. The number of hydrogen-bond acceptors (Lipinski definition) is 0. The van der Waals surface area contributed by atoms with Crippen molar-refractivity contribution >= 4 is 17.9 Å². The van der Waals surface area contributed by atoms with E-state index < -0.39 is 10.0 Å². The molecule has 0 N–H and O–H groups in total. The Hall–Kier alpha value is -0.365. The fourth-order valence-corrected chi connectivity index (χ4v) is 3.63. The predicted octanol–water partition coefficient (Wildman–Crippen LogP) is 2.94. The van der Waals surface area contributed by atoms with Crippen LogP contribution in [-0.2, 0) is 0 Å². The van der Waals surface area contributed by atoms with Crippen LogP contribution in [-0.4, -0.2) is 26.1 Å². The van der Waals surface area contributed by atoms with Gasteiger partial charge >= 0.3 is 0 Å². The zero-order chi connectivity index (χ0) is 10.6. The Labute approximate surface area is 90.8 Å². The molecule has 0 nitrogen and oxygen atoms in total. The van der Waals surface area contributed by atoms with Gasteiger partial charge in [0, 0.05) is 0 Å². The smallest absolute Gasteiger partial charge is 0.105 e. The normalized spacial score (nSPS) is 15.1. The lowest BCUT2D eigenvalue weighted by Crippen LogP contribution is -2.04. The van der Waals surface area contributed by atoms with Gasteiger partial charge in [-0.25, -0.2) is 10.0 Å². The van der Waals surface area contributed by atoms with Crippen molar-refractivity contribution in [2.45, 2.75) is 24.1 Å². The van der Waals surface area contributed by atoms with E-state index in [1.165, 1.54) is 12.2 Å². The first-order chi connectivity index (χ1) is 6.52. The van der Waals surface area contributed by atoms with Gasteiger partial charge in [0.25, 0.3) is 0 Å². The van der Waals surface area contributed by atoms with E-state index >= 15 is 0 Å². The van der Waals surface area contributed by atoms with Crippen molar-refractivity contribution in [3.63, 3.8) is 0 Å². The Bertz CT molecular complexity index is 267.